The second-order valence-electron chi connectivity index (χ2n) is 12.1. The molecule has 1 saturated carbocycles. The summed E-state index contributed by atoms with van der Waals surface area (Å²) in [5, 5.41) is 15.8. The summed E-state index contributed by atoms with van der Waals surface area (Å²) in [6.07, 6.45) is 10.6. The summed E-state index contributed by atoms with van der Waals surface area (Å²) in [6.45, 7) is 9.11. The number of phenols is 1. The van der Waals surface area contributed by atoms with Crippen LogP contribution in [0.5, 0.6) is 5.75 Å². The molecule has 0 bridgehead atoms. The molecule has 1 fully saturated rings. The van der Waals surface area contributed by atoms with Crippen LogP contribution < -0.4 is 10.6 Å². The summed E-state index contributed by atoms with van der Waals surface area (Å²) in [6, 6.07) is 11.3. The molecule has 0 spiro atoms. The van der Waals surface area contributed by atoms with E-state index in [1.807, 2.05) is 13.8 Å². The number of amides is 3. The summed E-state index contributed by atoms with van der Waals surface area (Å²) < 4.78 is 5.50. The van der Waals surface area contributed by atoms with Gasteiger partial charge in [-0.1, -0.05) is 56.4 Å². The highest BCUT2D eigenvalue weighted by Crippen LogP contribution is 2.28. The largest absolute Gasteiger partial charge is 0.508 e. The van der Waals surface area contributed by atoms with Crippen molar-refractivity contribution in [2.24, 2.45) is 0 Å². The van der Waals surface area contributed by atoms with E-state index in [1.165, 1.54) is 12.1 Å². The molecule has 1 aliphatic rings. The zero-order valence-corrected chi connectivity index (χ0v) is 25.5. The van der Waals surface area contributed by atoms with Crippen LogP contribution >= 0.6 is 0 Å². The SMILES string of the molecule is C#Cc1ccc(C(C(=O)NC2CCCCC2)N(C(=O)C(Cc2ccc(O)cc2)NC(=O)OC(C)(C)C)C(C)CC)cc1. The lowest BCUT2D eigenvalue weighted by molar-refractivity contribution is -0.145. The van der Waals surface area contributed by atoms with E-state index in [0.717, 1.165) is 37.7 Å². The van der Waals surface area contributed by atoms with Crippen molar-refractivity contribution >= 4 is 17.9 Å². The highest BCUT2D eigenvalue weighted by atomic mass is 16.6. The van der Waals surface area contributed by atoms with Gasteiger partial charge in [0.1, 0.15) is 23.4 Å². The molecule has 3 N–H and O–H groups in total. The van der Waals surface area contributed by atoms with Crippen molar-refractivity contribution in [2.45, 2.75) is 109 Å². The molecule has 8 heteroatoms. The van der Waals surface area contributed by atoms with Gasteiger partial charge in [0.2, 0.25) is 11.8 Å². The molecule has 0 aromatic heterocycles. The smallest absolute Gasteiger partial charge is 0.408 e. The lowest BCUT2D eigenvalue weighted by atomic mass is 9.93. The standard InChI is InChI=1S/C34H45N3O5/c1-7-23(3)37(30(26-18-14-24(8-2)15-19-26)31(39)35-27-12-10-9-11-13-27)32(40)29(36-33(41)42-34(4,5)6)22-25-16-20-28(38)21-17-25/h2,14-21,23,27,29-30,38H,7,9-13,22H2,1,3-6H3,(H,35,39)(H,36,41). The predicted octanol–water partition coefficient (Wildman–Crippen LogP) is 5.63. The molecular formula is C34H45N3O5. The number of nitrogens with one attached hydrogen (secondary N) is 2. The molecular weight excluding hydrogens is 530 g/mol. The van der Waals surface area contributed by atoms with Gasteiger partial charge in [-0.05, 0) is 82.3 Å². The minimum Gasteiger partial charge on any atom is -0.508 e. The molecule has 2 aromatic carbocycles. The Bertz CT molecular complexity index is 1240. The summed E-state index contributed by atoms with van der Waals surface area (Å²) in [7, 11) is 0. The minimum absolute atomic E-state index is 0.0419. The van der Waals surface area contributed by atoms with Crippen LogP contribution in [0.4, 0.5) is 4.79 Å². The zero-order valence-electron chi connectivity index (χ0n) is 25.5. The quantitative estimate of drug-likeness (QED) is 0.319. The summed E-state index contributed by atoms with van der Waals surface area (Å²) in [4.78, 5) is 43.2. The lowest BCUT2D eigenvalue weighted by Gasteiger charge is -2.39. The van der Waals surface area contributed by atoms with Gasteiger partial charge in [-0.25, -0.2) is 4.79 Å². The molecule has 3 amide bonds. The molecule has 0 saturated heterocycles. The fraction of sp³-hybridized carbons (Fsp3) is 0.500. The molecule has 3 rings (SSSR count). The average molecular weight is 576 g/mol. The van der Waals surface area contributed by atoms with Crippen molar-refractivity contribution in [2.75, 3.05) is 0 Å². The van der Waals surface area contributed by atoms with Crippen molar-refractivity contribution < 1.29 is 24.2 Å². The number of carbonyl (C=O) groups excluding carboxylic acids is 3. The van der Waals surface area contributed by atoms with E-state index in [0.29, 0.717) is 17.5 Å². The van der Waals surface area contributed by atoms with Crippen molar-refractivity contribution in [3.8, 4) is 18.1 Å². The summed E-state index contributed by atoms with van der Waals surface area (Å²) >= 11 is 0. The number of carbonyl (C=O) groups is 3. The van der Waals surface area contributed by atoms with Gasteiger partial charge < -0.3 is 25.4 Å². The molecule has 0 heterocycles. The summed E-state index contributed by atoms with van der Waals surface area (Å²) in [5.74, 6) is 2.03. The zero-order chi connectivity index (χ0) is 30.9. The van der Waals surface area contributed by atoms with E-state index in [4.69, 9.17) is 11.2 Å². The molecule has 42 heavy (non-hydrogen) atoms. The normalized spacial score (nSPS) is 15.9. The van der Waals surface area contributed by atoms with Gasteiger partial charge in [-0.2, -0.15) is 0 Å². The second-order valence-corrected chi connectivity index (χ2v) is 12.1. The number of rotatable bonds is 10. The first kappa shape index (κ1) is 32.5. The predicted molar refractivity (Wildman–Crippen MR) is 164 cm³/mol. The van der Waals surface area contributed by atoms with Gasteiger partial charge in [-0.3, -0.25) is 9.59 Å². The number of aromatic hydroxyl groups is 1. The first-order valence-electron chi connectivity index (χ1n) is 14.9. The maximum absolute atomic E-state index is 14.5. The molecule has 226 valence electrons. The topological polar surface area (TPSA) is 108 Å². The van der Waals surface area contributed by atoms with Crippen LogP contribution in [0.25, 0.3) is 0 Å². The Morgan fingerprint density at radius 3 is 2.21 bits per heavy atom. The average Bonchev–Trinajstić information content (AvgIpc) is 2.95. The van der Waals surface area contributed by atoms with Gasteiger partial charge >= 0.3 is 6.09 Å². The van der Waals surface area contributed by atoms with Crippen LogP contribution in [0.3, 0.4) is 0 Å². The van der Waals surface area contributed by atoms with Crippen molar-refractivity contribution in [1.82, 2.24) is 15.5 Å². The number of ether oxygens (including phenoxy) is 1. The van der Waals surface area contributed by atoms with Crippen LogP contribution in [0.1, 0.15) is 95.9 Å². The highest BCUT2D eigenvalue weighted by molar-refractivity contribution is 5.92. The van der Waals surface area contributed by atoms with Crippen molar-refractivity contribution in [3.63, 3.8) is 0 Å². The molecule has 0 radical (unpaired) electrons. The van der Waals surface area contributed by atoms with Gasteiger partial charge in [0.05, 0.1) is 0 Å². The van der Waals surface area contributed by atoms with E-state index in [9.17, 15) is 19.5 Å². The lowest BCUT2D eigenvalue weighted by Crippen LogP contribution is -2.56. The Morgan fingerprint density at radius 1 is 1.05 bits per heavy atom. The van der Waals surface area contributed by atoms with E-state index >= 15 is 0 Å². The van der Waals surface area contributed by atoms with E-state index in [1.54, 1.807) is 62.1 Å². The maximum atomic E-state index is 14.5. The molecule has 8 nitrogen and oxygen atoms in total. The third kappa shape index (κ3) is 9.27. The molecule has 1 aliphatic carbocycles. The van der Waals surface area contributed by atoms with Crippen LogP contribution in [0, 0.1) is 12.3 Å². The number of hydrogen-bond donors (Lipinski definition) is 3. The number of hydrogen-bond acceptors (Lipinski definition) is 5. The van der Waals surface area contributed by atoms with Crippen molar-refractivity contribution in [1.29, 1.82) is 0 Å². The van der Waals surface area contributed by atoms with Gasteiger partial charge in [-0.15, -0.1) is 6.42 Å². The van der Waals surface area contributed by atoms with Crippen LogP contribution in [0.15, 0.2) is 48.5 Å². The molecule has 3 unspecified atom stereocenters. The Labute approximate surface area is 250 Å². The van der Waals surface area contributed by atoms with Crippen molar-refractivity contribution in [3.05, 3.63) is 65.2 Å². The fourth-order valence-electron chi connectivity index (χ4n) is 5.22. The molecule has 3 atom stereocenters. The Morgan fingerprint density at radius 2 is 1.67 bits per heavy atom. The highest BCUT2D eigenvalue weighted by Gasteiger charge is 2.39. The number of alkyl carbamates (subject to hydrolysis) is 1. The van der Waals surface area contributed by atoms with E-state index in [2.05, 4.69) is 16.6 Å². The first-order valence-corrected chi connectivity index (χ1v) is 14.9. The van der Waals surface area contributed by atoms with Gasteiger partial charge in [0.15, 0.2) is 0 Å². The van der Waals surface area contributed by atoms with E-state index in [-0.39, 0.29) is 30.2 Å². The monoisotopic (exact) mass is 575 g/mol. The van der Waals surface area contributed by atoms with Crippen LogP contribution in [-0.2, 0) is 20.7 Å². The summed E-state index contributed by atoms with van der Waals surface area (Å²) in [5.41, 5.74) is 1.27. The third-order valence-electron chi connectivity index (χ3n) is 7.56. The van der Waals surface area contributed by atoms with E-state index < -0.39 is 29.7 Å². The Balaban J connectivity index is 2.05. The molecule has 2 aromatic rings. The molecule has 0 aliphatic heterocycles. The number of phenolic OH excluding ortho intramolecular Hbond substituents is 1. The number of benzene rings is 2. The number of nitrogens with zero attached hydrogens (tertiary/aromatic N) is 1. The fourth-order valence-corrected chi connectivity index (χ4v) is 5.22. The van der Waals surface area contributed by atoms with Crippen LogP contribution in [-0.4, -0.2) is 51.6 Å². The van der Waals surface area contributed by atoms with Gasteiger partial charge in [0.25, 0.3) is 0 Å². The van der Waals surface area contributed by atoms with Gasteiger partial charge in [0, 0.05) is 24.1 Å². The second kappa shape index (κ2) is 14.8. The van der Waals surface area contributed by atoms with Crippen LogP contribution in [0.2, 0.25) is 0 Å². The Kier molecular flexibility index (Phi) is 11.4. The Hall–Kier alpha value is -3.99. The minimum atomic E-state index is -1.03. The number of terminal acetylenes is 1. The maximum Gasteiger partial charge on any atom is 0.408 e. The first-order chi connectivity index (χ1) is 19.9. The third-order valence-corrected chi connectivity index (χ3v) is 7.56.